The minimum absolute atomic E-state index is 0.0303. The van der Waals surface area contributed by atoms with Crippen LogP contribution >= 0.6 is 0 Å². The van der Waals surface area contributed by atoms with E-state index < -0.39 is 0 Å². The zero-order valence-electron chi connectivity index (χ0n) is 10.7. The normalized spacial score (nSPS) is 22.7. The predicted molar refractivity (Wildman–Crippen MR) is 67.8 cm³/mol. The van der Waals surface area contributed by atoms with Gasteiger partial charge in [0.05, 0.1) is 17.4 Å². The highest BCUT2D eigenvalue weighted by molar-refractivity contribution is 5.47. The van der Waals surface area contributed by atoms with Crippen molar-refractivity contribution in [2.75, 3.05) is 11.9 Å². The largest absolute Gasteiger partial charge is 0.380 e. The highest BCUT2D eigenvalue weighted by Gasteiger charge is 2.31. The lowest BCUT2D eigenvalue weighted by Crippen LogP contribution is -2.25. The Balaban J connectivity index is 1.92. The molecular formula is C14H20FNO. The van der Waals surface area contributed by atoms with E-state index in [1.54, 1.807) is 6.07 Å². The molecule has 1 saturated heterocycles. The number of hydrogen-bond donors (Lipinski definition) is 1. The zero-order valence-corrected chi connectivity index (χ0v) is 10.7. The lowest BCUT2D eigenvalue weighted by atomic mass is 10.1. The van der Waals surface area contributed by atoms with Gasteiger partial charge >= 0.3 is 0 Å². The SMILES string of the molecule is Cc1ccc(F)c(NCC2CCC(C)(C)O2)c1. The first-order valence-electron chi connectivity index (χ1n) is 6.14. The van der Waals surface area contributed by atoms with E-state index in [9.17, 15) is 4.39 Å². The molecule has 2 nitrogen and oxygen atoms in total. The molecule has 0 aromatic heterocycles. The molecule has 0 spiro atoms. The lowest BCUT2D eigenvalue weighted by molar-refractivity contribution is -0.00912. The Kier molecular flexibility index (Phi) is 3.38. The Morgan fingerprint density at radius 2 is 2.24 bits per heavy atom. The van der Waals surface area contributed by atoms with E-state index in [1.165, 1.54) is 6.07 Å². The smallest absolute Gasteiger partial charge is 0.146 e. The van der Waals surface area contributed by atoms with Crippen LogP contribution < -0.4 is 5.32 Å². The Bertz CT molecular complexity index is 403. The minimum atomic E-state index is -0.201. The predicted octanol–water partition coefficient (Wildman–Crippen LogP) is 3.50. The van der Waals surface area contributed by atoms with Crippen molar-refractivity contribution in [3.8, 4) is 0 Å². The Labute approximate surface area is 102 Å². The van der Waals surface area contributed by atoms with Crippen LogP contribution in [0.15, 0.2) is 18.2 Å². The van der Waals surface area contributed by atoms with Gasteiger partial charge in [-0.15, -0.1) is 0 Å². The van der Waals surface area contributed by atoms with Crippen LogP contribution in [0.2, 0.25) is 0 Å². The van der Waals surface area contributed by atoms with Crippen LogP contribution in [0.5, 0.6) is 0 Å². The molecule has 2 rings (SSSR count). The molecule has 1 fully saturated rings. The van der Waals surface area contributed by atoms with E-state index in [1.807, 2.05) is 13.0 Å². The molecule has 0 saturated carbocycles. The van der Waals surface area contributed by atoms with Crippen LogP contribution in [-0.2, 0) is 4.74 Å². The van der Waals surface area contributed by atoms with Crippen LogP contribution in [-0.4, -0.2) is 18.2 Å². The Morgan fingerprint density at radius 3 is 2.88 bits per heavy atom. The third kappa shape index (κ3) is 3.19. The molecule has 1 aromatic carbocycles. The van der Waals surface area contributed by atoms with E-state index in [0.717, 1.165) is 18.4 Å². The van der Waals surface area contributed by atoms with Crippen molar-refractivity contribution >= 4 is 5.69 Å². The van der Waals surface area contributed by atoms with E-state index in [2.05, 4.69) is 19.2 Å². The summed E-state index contributed by atoms with van der Waals surface area (Å²) in [6.07, 6.45) is 2.29. The molecule has 1 aromatic rings. The summed E-state index contributed by atoms with van der Waals surface area (Å²) in [5, 5.41) is 3.13. The summed E-state index contributed by atoms with van der Waals surface area (Å²) >= 11 is 0. The van der Waals surface area contributed by atoms with E-state index >= 15 is 0 Å². The van der Waals surface area contributed by atoms with Crippen molar-refractivity contribution in [1.82, 2.24) is 0 Å². The van der Waals surface area contributed by atoms with Gasteiger partial charge in [0, 0.05) is 6.54 Å². The molecular weight excluding hydrogens is 217 g/mol. The molecule has 1 aliphatic heterocycles. The number of ether oxygens (including phenoxy) is 1. The van der Waals surface area contributed by atoms with Gasteiger partial charge in [-0.2, -0.15) is 0 Å². The van der Waals surface area contributed by atoms with Gasteiger partial charge in [0.25, 0.3) is 0 Å². The first-order valence-corrected chi connectivity index (χ1v) is 6.14. The van der Waals surface area contributed by atoms with Crippen molar-refractivity contribution in [3.63, 3.8) is 0 Å². The van der Waals surface area contributed by atoms with E-state index in [4.69, 9.17) is 4.74 Å². The Morgan fingerprint density at radius 1 is 1.47 bits per heavy atom. The topological polar surface area (TPSA) is 21.3 Å². The first-order chi connectivity index (χ1) is 7.96. The van der Waals surface area contributed by atoms with E-state index in [-0.39, 0.29) is 17.5 Å². The molecule has 1 aliphatic rings. The molecule has 3 heteroatoms. The van der Waals surface area contributed by atoms with E-state index in [0.29, 0.717) is 12.2 Å². The van der Waals surface area contributed by atoms with Crippen LogP contribution in [0.3, 0.4) is 0 Å². The third-order valence-electron chi connectivity index (χ3n) is 3.20. The monoisotopic (exact) mass is 237 g/mol. The molecule has 17 heavy (non-hydrogen) atoms. The fourth-order valence-electron chi connectivity index (χ4n) is 2.22. The van der Waals surface area contributed by atoms with Crippen LogP contribution in [0.1, 0.15) is 32.3 Å². The van der Waals surface area contributed by atoms with Crippen molar-refractivity contribution in [3.05, 3.63) is 29.6 Å². The zero-order chi connectivity index (χ0) is 12.5. The summed E-state index contributed by atoms with van der Waals surface area (Å²) in [4.78, 5) is 0. The van der Waals surface area contributed by atoms with Crippen molar-refractivity contribution < 1.29 is 9.13 Å². The molecule has 1 unspecified atom stereocenters. The van der Waals surface area contributed by atoms with Gasteiger partial charge in [0.2, 0.25) is 0 Å². The summed E-state index contributed by atoms with van der Waals surface area (Å²) in [5.41, 5.74) is 1.59. The Hall–Kier alpha value is -1.09. The molecule has 0 amide bonds. The summed E-state index contributed by atoms with van der Waals surface area (Å²) in [5.74, 6) is -0.201. The maximum atomic E-state index is 13.5. The second kappa shape index (κ2) is 4.65. The fourth-order valence-corrected chi connectivity index (χ4v) is 2.22. The second-order valence-corrected chi connectivity index (χ2v) is 5.40. The number of aryl methyl sites for hydroxylation is 1. The van der Waals surface area contributed by atoms with Gasteiger partial charge in [-0.05, 0) is 51.3 Å². The molecule has 94 valence electrons. The second-order valence-electron chi connectivity index (χ2n) is 5.40. The molecule has 1 atom stereocenters. The van der Waals surface area contributed by atoms with Gasteiger partial charge in [-0.1, -0.05) is 6.07 Å². The number of halogens is 1. The highest BCUT2D eigenvalue weighted by atomic mass is 19.1. The summed E-state index contributed by atoms with van der Waals surface area (Å²) in [6, 6.07) is 5.10. The van der Waals surface area contributed by atoms with Crippen LogP contribution in [0, 0.1) is 12.7 Å². The average molecular weight is 237 g/mol. The lowest BCUT2D eigenvalue weighted by Gasteiger charge is -2.20. The number of anilines is 1. The highest BCUT2D eigenvalue weighted by Crippen LogP contribution is 2.29. The molecule has 1 heterocycles. The number of hydrogen-bond acceptors (Lipinski definition) is 2. The van der Waals surface area contributed by atoms with Gasteiger partial charge in [0.1, 0.15) is 5.82 Å². The van der Waals surface area contributed by atoms with Crippen LogP contribution in [0.25, 0.3) is 0 Å². The van der Waals surface area contributed by atoms with Crippen molar-refractivity contribution in [2.45, 2.75) is 45.3 Å². The maximum Gasteiger partial charge on any atom is 0.146 e. The van der Waals surface area contributed by atoms with Gasteiger partial charge < -0.3 is 10.1 Å². The average Bonchev–Trinajstić information content (AvgIpc) is 2.60. The van der Waals surface area contributed by atoms with Crippen molar-refractivity contribution in [1.29, 1.82) is 0 Å². The summed E-state index contributed by atoms with van der Waals surface area (Å²) < 4.78 is 19.3. The van der Waals surface area contributed by atoms with Crippen molar-refractivity contribution in [2.24, 2.45) is 0 Å². The standard InChI is InChI=1S/C14H20FNO/c1-10-4-5-12(15)13(8-10)16-9-11-6-7-14(2,3)17-11/h4-5,8,11,16H,6-7,9H2,1-3H3. The minimum Gasteiger partial charge on any atom is -0.380 e. The molecule has 0 aliphatic carbocycles. The quantitative estimate of drug-likeness (QED) is 0.868. The van der Waals surface area contributed by atoms with Crippen LogP contribution in [0.4, 0.5) is 10.1 Å². The maximum absolute atomic E-state index is 13.5. The van der Waals surface area contributed by atoms with Gasteiger partial charge in [-0.25, -0.2) is 4.39 Å². The molecule has 0 bridgehead atoms. The third-order valence-corrected chi connectivity index (χ3v) is 3.20. The van der Waals surface area contributed by atoms with Gasteiger partial charge in [0.15, 0.2) is 0 Å². The molecule has 1 N–H and O–H groups in total. The summed E-state index contributed by atoms with van der Waals surface area (Å²) in [6.45, 7) is 6.82. The number of nitrogens with one attached hydrogen (secondary N) is 1. The molecule has 0 radical (unpaired) electrons. The van der Waals surface area contributed by atoms with Gasteiger partial charge in [-0.3, -0.25) is 0 Å². The number of rotatable bonds is 3. The fraction of sp³-hybridized carbons (Fsp3) is 0.571. The number of benzene rings is 1. The summed E-state index contributed by atoms with van der Waals surface area (Å²) in [7, 11) is 0. The first kappa shape index (κ1) is 12.4.